The number of rotatable bonds is 2. The second kappa shape index (κ2) is 4.35. The molecule has 1 N–H and O–H groups in total. The Morgan fingerprint density at radius 3 is 2.58 bits per heavy atom. The van der Waals surface area contributed by atoms with Crippen molar-refractivity contribution in [3.63, 3.8) is 0 Å². The molecule has 0 radical (unpaired) electrons. The Labute approximate surface area is 111 Å². The van der Waals surface area contributed by atoms with E-state index in [0.29, 0.717) is 12.8 Å². The van der Waals surface area contributed by atoms with Gasteiger partial charge in [0.05, 0.1) is 7.11 Å². The van der Waals surface area contributed by atoms with E-state index in [1.54, 1.807) is 13.2 Å². The molecule has 1 unspecified atom stereocenters. The van der Waals surface area contributed by atoms with Gasteiger partial charge in [0.15, 0.2) is 0 Å². The van der Waals surface area contributed by atoms with Crippen LogP contribution < -0.4 is 4.74 Å². The first kappa shape index (κ1) is 12.2. The normalized spacial score (nSPS) is 21.2. The molecule has 2 aromatic carbocycles. The predicted molar refractivity (Wildman–Crippen MR) is 70.7 cm³/mol. The van der Waals surface area contributed by atoms with E-state index in [-0.39, 0.29) is 5.82 Å². The molecule has 3 rings (SSSR count). The summed E-state index contributed by atoms with van der Waals surface area (Å²) < 4.78 is 18.3. The van der Waals surface area contributed by atoms with E-state index in [0.717, 1.165) is 22.4 Å². The summed E-state index contributed by atoms with van der Waals surface area (Å²) >= 11 is 0. The molecule has 0 saturated carbocycles. The smallest absolute Gasteiger partial charge is 0.123 e. The fourth-order valence-corrected chi connectivity index (χ4v) is 2.79. The Hall–Kier alpha value is -1.87. The highest BCUT2D eigenvalue weighted by Crippen LogP contribution is 2.42. The molecule has 0 amide bonds. The lowest BCUT2D eigenvalue weighted by molar-refractivity contribution is 0.0829. The summed E-state index contributed by atoms with van der Waals surface area (Å²) in [6, 6.07) is 12.0. The molecule has 0 saturated heterocycles. The van der Waals surface area contributed by atoms with Crippen molar-refractivity contribution in [1.29, 1.82) is 0 Å². The zero-order valence-electron chi connectivity index (χ0n) is 10.7. The van der Waals surface area contributed by atoms with Gasteiger partial charge in [-0.1, -0.05) is 18.2 Å². The van der Waals surface area contributed by atoms with Gasteiger partial charge in [-0.2, -0.15) is 0 Å². The van der Waals surface area contributed by atoms with Crippen molar-refractivity contribution in [3.05, 3.63) is 65.0 Å². The summed E-state index contributed by atoms with van der Waals surface area (Å²) in [5.41, 5.74) is 1.49. The van der Waals surface area contributed by atoms with Crippen molar-refractivity contribution in [2.24, 2.45) is 0 Å². The topological polar surface area (TPSA) is 29.5 Å². The highest BCUT2D eigenvalue weighted by Gasteiger charge is 2.38. The molecular formula is C16H15FO2. The number of aryl methyl sites for hydroxylation is 1. The van der Waals surface area contributed by atoms with Crippen molar-refractivity contribution < 1.29 is 14.2 Å². The molecule has 1 aliphatic rings. The lowest BCUT2D eigenvalue weighted by Crippen LogP contribution is -2.23. The van der Waals surface area contributed by atoms with Gasteiger partial charge in [0, 0.05) is 0 Å². The maximum absolute atomic E-state index is 13.2. The van der Waals surface area contributed by atoms with Crippen LogP contribution in [0.2, 0.25) is 0 Å². The van der Waals surface area contributed by atoms with Crippen LogP contribution in [0.25, 0.3) is 0 Å². The Kier molecular flexibility index (Phi) is 2.79. The van der Waals surface area contributed by atoms with Gasteiger partial charge in [0.2, 0.25) is 0 Å². The quantitative estimate of drug-likeness (QED) is 0.897. The largest absolute Gasteiger partial charge is 0.497 e. The molecule has 0 bridgehead atoms. The van der Waals surface area contributed by atoms with Crippen LogP contribution in [0.1, 0.15) is 23.1 Å². The number of ether oxygens (including phenoxy) is 1. The summed E-state index contributed by atoms with van der Waals surface area (Å²) in [6.45, 7) is 0. The lowest BCUT2D eigenvalue weighted by atomic mass is 9.88. The number of hydrogen-bond acceptors (Lipinski definition) is 2. The van der Waals surface area contributed by atoms with Gasteiger partial charge in [-0.3, -0.25) is 0 Å². The van der Waals surface area contributed by atoms with Crippen LogP contribution in [0.3, 0.4) is 0 Å². The Morgan fingerprint density at radius 1 is 1.16 bits per heavy atom. The standard InChI is InChI=1S/C16H15FO2/c1-19-14-5-2-12(3-6-14)16(18)9-8-11-10-13(17)4-7-15(11)16/h2-7,10,18H,8-9H2,1H3. The number of halogens is 1. The van der Waals surface area contributed by atoms with Gasteiger partial charge in [0.1, 0.15) is 17.2 Å². The van der Waals surface area contributed by atoms with Gasteiger partial charge in [-0.05, 0) is 53.8 Å². The minimum absolute atomic E-state index is 0.252. The van der Waals surface area contributed by atoms with Gasteiger partial charge in [0.25, 0.3) is 0 Å². The monoisotopic (exact) mass is 258 g/mol. The molecule has 2 aromatic rings. The average molecular weight is 258 g/mol. The molecule has 0 aromatic heterocycles. The maximum atomic E-state index is 13.2. The predicted octanol–water partition coefficient (Wildman–Crippen LogP) is 3.02. The first-order valence-electron chi connectivity index (χ1n) is 6.29. The molecule has 0 spiro atoms. The van der Waals surface area contributed by atoms with Crippen LogP contribution in [0.4, 0.5) is 4.39 Å². The third-order valence-corrected chi connectivity index (χ3v) is 3.84. The van der Waals surface area contributed by atoms with E-state index in [1.165, 1.54) is 12.1 Å². The minimum atomic E-state index is -1.02. The fourth-order valence-electron chi connectivity index (χ4n) is 2.79. The Bertz CT molecular complexity index is 607. The van der Waals surface area contributed by atoms with Gasteiger partial charge >= 0.3 is 0 Å². The van der Waals surface area contributed by atoms with Crippen molar-refractivity contribution in [3.8, 4) is 5.75 Å². The molecule has 0 heterocycles. The lowest BCUT2D eigenvalue weighted by Gasteiger charge is -2.24. The van der Waals surface area contributed by atoms with Crippen LogP contribution in [0, 0.1) is 5.82 Å². The SMILES string of the molecule is COc1ccc(C2(O)CCc3cc(F)ccc32)cc1. The summed E-state index contributed by atoms with van der Waals surface area (Å²) in [7, 11) is 1.61. The third-order valence-electron chi connectivity index (χ3n) is 3.84. The van der Waals surface area contributed by atoms with Crippen molar-refractivity contribution in [2.45, 2.75) is 18.4 Å². The molecule has 19 heavy (non-hydrogen) atoms. The number of hydrogen-bond donors (Lipinski definition) is 1. The van der Waals surface area contributed by atoms with Crippen LogP contribution in [-0.2, 0) is 12.0 Å². The molecule has 3 heteroatoms. The fraction of sp³-hybridized carbons (Fsp3) is 0.250. The van der Waals surface area contributed by atoms with E-state index in [4.69, 9.17) is 4.74 Å². The summed E-state index contributed by atoms with van der Waals surface area (Å²) in [5.74, 6) is 0.502. The van der Waals surface area contributed by atoms with Gasteiger partial charge < -0.3 is 9.84 Å². The number of fused-ring (bicyclic) bond motifs is 1. The van der Waals surface area contributed by atoms with Gasteiger partial charge in [-0.25, -0.2) is 4.39 Å². The molecule has 2 nitrogen and oxygen atoms in total. The van der Waals surface area contributed by atoms with Crippen LogP contribution in [0.15, 0.2) is 42.5 Å². The zero-order valence-corrected chi connectivity index (χ0v) is 10.7. The molecule has 1 atom stereocenters. The molecular weight excluding hydrogens is 243 g/mol. The van der Waals surface area contributed by atoms with E-state index in [9.17, 15) is 9.50 Å². The van der Waals surface area contributed by atoms with Crippen LogP contribution in [-0.4, -0.2) is 12.2 Å². The van der Waals surface area contributed by atoms with E-state index < -0.39 is 5.60 Å². The van der Waals surface area contributed by atoms with Crippen LogP contribution in [0.5, 0.6) is 5.75 Å². The number of benzene rings is 2. The molecule has 98 valence electrons. The third kappa shape index (κ3) is 1.90. The van der Waals surface area contributed by atoms with Crippen molar-refractivity contribution in [1.82, 2.24) is 0 Å². The maximum Gasteiger partial charge on any atom is 0.123 e. The average Bonchev–Trinajstić information content (AvgIpc) is 2.77. The number of aliphatic hydroxyl groups is 1. The first-order valence-corrected chi connectivity index (χ1v) is 6.29. The second-order valence-corrected chi connectivity index (χ2v) is 4.89. The van der Waals surface area contributed by atoms with Crippen LogP contribution >= 0.6 is 0 Å². The highest BCUT2D eigenvalue weighted by molar-refractivity contribution is 5.46. The molecule has 0 fully saturated rings. The summed E-state index contributed by atoms with van der Waals surface area (Å²) in [5, 5.41) is 10.9. The van der Waals surface area contributed by atoms with Gasteiger partial charge in [-0.15, -0.1) is 0 Å². The molecule has 1 aliphatic carbocycles. The second-order valence-electron chi connectivity index (χ2n) is 4.89. The molecule has 0 aliphatic heterocycles. The summed E-state index contributed by atoms with van der Waals surface area (Å²) in [6.07, 6.45) is 1.27. The number of methoxy groups -OCH3 is 1. The van der Waals surface area contributed by atoms with E-state index in [1.807, 2.05) is 24.3 Å². The van der Waals surface area contributed by atoms with E-state index in [2.05, 4.69) is 0 Å². The first-order chi connectivity index (χ1) is 9.13. The highest BCUT2D eigenvalue weighted by atomic mass is 19.1. The van der Waals surface area contributed by atoms with Crippen molar-refractivity contribution >= 4 is 0 Å². The summed E-state index contributed by atoms with van der Waals surface area (Å²) in [4.78, 5) is 0. The zero-order chi connectivity index (χ0) is 13.5. The van der Waals surface area contributed by atoms with Crippen molar-refractivity contribution in [2.75, 3.05) is 7.11 Å². The minimum Gasteiger partial charge on any atom is -0.497 e. The van der Waals surface area contributed by atoms with E-state index >= 15 is 0 Å². The Balaban J connectivity index is 2.05. The Morgan fingerprint density at radius 2 is 1.89 bits per heavy atom.